The van der Waals surface area contributed by atoms with Gasteiger partial charge in [0.25, 0.3) is 0 Å². The highest BCUT2D eigenvalue weighted by Gasteiger charge is 2.25. The Bertz CT molecular complexity index is 385. The third-order valence-electron chi connectivity index (χ3n) is 3.45. The maximum absolute atomic E-state index is 5.48. The molecule has 3 heterocycles. The van der Waals surface area contributed by atoms with E-state index >= 15 is 0 Å². The molecule has 0 unspecified atom stereocenters. The summed E-state index contributed by atoms with van der Waals surface area (Å²) in [5.41, 5.74) is 2.63. The number of rotatable bonds is 1. The molecule has 1 aromatic heterocycles. The Morgan fingerprint density at radius 2 is 2.19 bits per heavy atom. The fraction of sp³-hybridized carbons (Fsp3) is 0.727. The molecule has 1 aromatic rings. The molecule has 0 spiro atoms. The lowest BCUT2D eigenvalue weighted by Gasteiger charge is -2.25. The Hall–Kier alpha value is -0.390. The number of nitrogens with one attached hydrogen (secondary N) is 1. The Labute approximate surface area is 103 Å². The third-order valence-corrected chi connectivity index (χ3v) is 4.09. The molecule has 0 amide bonds. The molecule has 1 fully saturated rings. The van der Waals surface area contributed by atoms with E-state index in [0.717, 1.165) is 30.7 Å². The summed E-state index contributed by atoms with van der Waals surface area (Å²) in [4.78, 5) is 0. The van der Waals surface area contributed by atoms with Crippen molar-refractivity contribution < 1.29 is 4.74 Å². The number of halogens is 1. The van der Waals surface area contributed by atoms with E-state index in [-0.39, 0.29) is 0 Å². The van der Waals surface area contributed by atoms with Gasteiger partial charge in [-0.15, -0.1) is 0 Å². The average Bonchev–Trinajstić information content (AvgIpc) is 2.69. The fourth-order valence-electron chi connectivity index (χ4n) is 2.58. The van der Waals surface area contributed by atoms with Crippen LogP contribution in [0.5, 0.6) is 0 Å². The molecule has 5 heteroatoms. The van der Waals surface area contributed by atoms with Crippen LogP contribution in [-0.2, 0) is 17.8 Å². The lowest BCUT2D eigenvalue weighted by Crippen LogP contribution is -2.31. The molecule has 4 nitrogen and oxygen atoms in total. The molecule has 0 aromatic carbocycles. The molecule has 1 saturated heterocycles. The van der Waals surface area contributed by atoms with Gasteiger partial charge in [0, 0.05) is 17.7 Å². The van der Waals surface area contributed by atoms with E-state index in [4.69, 9.17) is 4.74 Å². The molecule has 16 heavy (non-hydrogen) atoms. The minimum Gasteiger partial charge on any atom is -0.376 e. The largest absolute Gasteiger partial charge is 0.376 e. The van der Waals surface area contributed by atoms with Gasteiger partial charge in [0.05, 0.1) is 19.3 Å². The molecule has 88 valence electrons. The van der Waals surface area contributed by atoms with Crippen molar-refractivity contribution in [3.8, 4) is 0 Å². The minimum absolute atomic E-state index is 0.569. The number of piperidine rings is 1. The van der Waals surface area contributed by atoms with Crippen LogP contribution in [0.25, 0.3) is 0 Å². The summed E-state index contributed by atoms with van der Waals surface area (Å²) in [5, 5.41) is 8.04. The first-order valence-electron chi connectivity index (χ1n) is 5.90. The third kappa shape index (κ3) is 1.81. The summed E-state index contributed by atoms with van der Waals surface area (Å²) in [5.74, 6) is 0. The normalized spacial score (nSPS) is 22.1. The molecule has 3 rings (SSSR count). The lowest BCUT2D eigenvalue weighted by molar-refractivity contribution is 0.107. The zero-order valence-electron chi connectivity index (χ0n) is 9.21. The van der Waals surface area contributed by atoms with Gasteiger partial charge in [-0.3, -0.25) is 4.68 Å². The van der Waals surface area contributed by atoms with E-state index in [0.29, 0.717) is 12.6 Å². The highest BCUT2D eigenvalue weighted by Crippen LogP contribution is 2.29. The molecule has 0 atom stereocenters. The second kappa shape index (κ2) is 4.47. The summed E-state index contributed by atoms with van der Waals surface area (Å²) in [6.07, 6.45) is 3.36. The Kier molecular flexibility index (Phi) is 3.00. The van der Waals surface area contributed by atoms with Crippen LogP contribution in [0.1, 0.15) is 30.1 Å². The molecule has 0 bridgehead atoms. The molecule has 2 aliphatic rings. The van der Waals surface area contributed by atoms with Gasteiger partial charge in [0.2, 0.25) is 0 Å². The average molecular weight is 286 g/mol. The van der Waals surface area contributed by atoms with Crippen LogP contribution in [0, 0.1) is 0 Å². The number of hydrogen-bond acceptors (Lipinski definition) is 3. The van der Waals surface area contributed by atoms with Crippen LogP contribution in [0.15, 0.2) is 4.60 Å². The predicted octanol–water partition coefficient (Wildman–Crippen LogP) is 1.64. The van der Waals surface area contributed by atoms with Crippen LogP contribution < -0.4 is 5.32 Å². The van der Waals surface area contributed by atoms with Crippen molar-refractivity contribution >= 4 is 15.9 Å². The molecular formula is C11H16BrN3O. The van der Waals surface area contributed by atoms with Crippen LogP contribution in [0.4, 0.5) is 0 Å². The highest BCUT2D eigenvalue weighted by molar-refractivity contribution is 9.10. The first kappa shape index (κ1) is 10.7. The maximum Gasteiger partial charge on any atom is 0.133 e. The van der Waals surface area contributed by atoms with Crippen molar-refractivity contribution in [2.75, 3.05) is 19.7 Å². The number of nitrogens with zero attached hydrogens (tertiary/aromatic N) is 2. The molecule has 0 radical (unpaired) electrons. The van der Waals surface area contributed by atoms with E-state index in [2.05, 4.69) is 31.0 Å². The number of aromatic nitrogens is 2. The quantitative estimate of drug-likeness (QED) is 0.853. The van der Waals surface area contributed by atoms with E-state index in [9.17, 15) is 0 Å². The van der Waals surface area contributed by atoms with E-state index < -0.39 is 0 Å². The van der Waals surface area contributed by atoms with Gasteiger partial charge in [-0.25, -0.2) is 0 Å². The van der Waals surface area contributed by atoms with Gasteiger partial charge in [-0.05, 0) is 41.9 Å². The first-order valence-corrected chi connectivity index (χ1v) is 6.70. The Balaban J connectivity index is 1.93. The Morgan fingerprint density at radius 3 is 3.00 bits per heavy atom. The van der Waals surface area contributed by atoms with Crippen molar-refractivity contribution in [3.05, 3.63) is 15.9 Å². The van der Waals surface area contributed by atoms with Crippen molar-refractivity contribution in [2.45, 2.75) is 31.9 Å². The number of hydrogen-bond donors (Lipinski definition) is 1. The molecular weight excluding hydrogens is 270 g/mol. The van der Waals surface area contributed by atoms with Gasteiger partial charge in [0.15, 0.2) is 0 Å². The molecule has 1 N–H and O–H groups in total. The molecule has 0 saturated carbocycles. The zero-order chi connectivity index (χ0) is 11.0. The van der Waals surface area contributed by atoms with Gasteiger partial charge in [-0.2, -0.15) is 5.10 Å². The van der Waals surface area contributed by atoms with Gasteiger partial charge >= 0.3 is 0 Å². The predicted molar refractivity (Wildman–Crippen MR) is 64.4 cm³/mol. The summed E-state index contributed by atoms with van der Waals surface area (Å²) in [6.45, 7) is 3.75. The second-order valence-electron chi connectivity index (χ2n) is 4.44. The second-order valence-corrected chi connectivity index (χ2v) is 5.20. The smallest absolute Gasteiger partial charge is 0.133 e. The van der Waals surface area contributed by atoms with Crippen molar-refractivity contribution in [2.24, 2.45) is 0 Å². The number of ether oxygens (including phenoxy) is 1. The summed E-state index contributed by atoms with van der Waals surface area (Å²) in [7, 11) is 0. The monoisotopic (exact) mass is 285 g/mol. The van der Waals surface area contributed by atoms with E-state index in [1.54, 1.807) is 0 Å². The summed E-state index contributed by atoms with van der Waals surface area (Å²) >= 11 is 3.54. The fourth-order valence-corrected chi connectivity index (χ4v) is 3.09. The minimum atomic E-state index is 0.569. The van der Waals surface area contributed by atoms with Gasteiger partial charge < -0.3 is 10.1 Å². The van der Waals surface area contributed by atoms with Gasteiger partial charge in [-0.1, -0.05) is 0 Å². The zero-order valence-corrected chi connectivity index (χ0v) is 10.8. The van der Waals surface area contributed by atoms with E-state index in [1.165, 1.54) is 24.1 Å². The van der Waals surface area contributed by atoms with Crippen molar-refractivity contribution in [1.29, 1.82) is 0 Å². The SMILES string of the molecule is Brc1nn(C2CCNCC2)c2c1COCC2. The van der Waals surface area contributed by atoms with Crippen LogP contribution >= 0.6 is 15.9 Å². The van der Waals surface area contributed by atoms with Crippen LogP contribution in [-0.4, -0.2) is 29.5 Å². The van der Waals surface area contributed by atoms with Crippen molar-refractivity contribution in [3.63, 3.8) is 0 Å². The lowest BCUT2D eigenvalue weighted by atomic mass is 10.1. The first-order chi connectivity index (χ1) is 7.86. The maximum atomic E-state index is 5.48. The standard InChI is InChI=1S/C11H16BrN3O/c12-11-9-7-16-6-3-10(9)15(14-11)8-1-4-13-5-2-8/h8,13H,1-7H2. The van der Waals surface area contributed by atoms with Gasteiger partial charge in [0.1, 0.15) is 4.60 Å². The van der Waals surface area contributed by atoms with Crippen LogP contribution in [0.2, 0.25) is 0 Å². The summed E-state index contributed by atoms with van der Waals surface area (Å²) in [6, 6.07) is 0.569. The number of fused-ring (bicyclic) bond motifs is 1. The van der Waals surface area contributed by atoms with Crippen molar-refractivity contribution in [1.82, 2.24) is 15.1 Å². The molecule has 0 aliphatic carbocycles. The Morgan fingerprint density at radius 1 is 1.38 bits per heavy atom. The topological polar surface area (TPSA) is 39.1 Å². The van der Waals surface area contributed by atoms with Crippen LogP contribution in [0.3, 0.4) is 0 Å². The molecule has 2 aliphatic heterocycles. The summed E-state index contributed by atoms with van der Waals surface area (Å²) < 4.78 is 8.69. The highest BCUT2D eigenvalue weighted by atomic mass is 79.9. The van der Waals surface area contributed by atoms with E-state index in [1.807, 2.05) is 0 Å².